The van der Waals surface area contributed by atoms with Crippen LogP contribution in [0.3, 0.4) is 0 Å². The standard InChI is InChI=1S/C13H15ClINO3/c1-13(2,3)19-11(17)7-16-12(18)9-5-4-8(14)6-10(9)15/h4-6H,7H2,1-3H3,(H,16,18). The lowest BCUT2D eigenvalue weighted by Gasteiger charge is -2.19. The normalized spacial score (nSPS) is 11.0. The molecule has 19 heavy (non-hydrogen) atoms. The molecule has 0 saturated heterocycles. The lowest BCUT2D eigenvalue weighted by Crippen LogP contribution is -2.34. The Bertz CT molecular complexity index is 497. The first kappa shape index (κ1) is 16.2. The van der Waals surface area contributed by atoms with Gasteiger partial charge in [-0.05, 0) is 61.6 Å². The van der Waals surface area contributed by atoms with Crippen LogP contribution in [0.1, 0.15) is 31.1 Å². The van der Waals surface area contributed by atoms with Crippen LogP contribution in [0, 0.1) is 3.57 Å². The van der Waals surface area contributed by atoms with Gasteiger partial charge in [0.2, 0.25) is 0 Å². The average Bonchev–Trinajstić information content (AvgIpc) is 2.23. The highest BCUT2D eigenvalue weighted by atomic mass is 127. The predicted molar refractivity (Wildman–Crippen MR) is 82.3 cm³/mol. The van der Waals surface area contributed by atoms with Crippen LogP contribution in [-0.4, -0.2) is 24.0 Å². The zero-order valence-corrected chi connectivity index (χ0v) is 13.8. The Hall–Kier alpha value is -0.820. The van der Waals surface area contributed by atoms with E-state index in [2.05, 4.69) is 5.32 Å². The summed E-state index contributed by atoms with van der Waals surface area (Å²) in [7, 11) is 0. The molecule has 0 aliphatic heterocycles. The van der Waals surface area contributed by atoms with Crippen molar-refractivity contribution in [3.63, 3.8) is 0 Å². The van der Waals surface area contributed by atoms with Crippen molar-refractivity contribution in [2.45, 2.75) is 26.4 Å². The summed E-state index contributed by atoms with van der Waals surface area (Å²) in [6.45, 7) is 5.16. The molecule has 0 radical (unpaired) electrons. The molecule has 104 valence electrons. The molecule has 6 heteroatoms. The summed E-state index contributed by atoms with van der Waals surface area (Å²) in [6.07, 6.45) is 0. The van der Waals surface area contributed by atoms with Crippen molar-refractivity contribution in [2.24, 2.45) is 0 Å². The van der Waals surface area contributed by atoms with Crippen molar-refractivity contribution in [2.75, 3.05) is 6.54 Å². The zero-order chi connectivity index (χ0) is 14.6. The maximum Gasteiger partial charge on any atom is 0.325 e. The van der Waals surface area contributed by atoms with E-state index in [9.17, 15) is 9.59 Å². The SMILES string of the molecule is CC(C)(C)OC(=O)CNC(=O)c1ccc(Cl)cc1I. The summed E-state index contributed by atoms with van der Waals surface area (Å²) in [6, 6.07) is 4.94. The molecule has 4 nitrogen and oxygen atoms in total. The van der Waals surface area contributed by atoms with Crippen molar-refractivity contribution in [1.82, 2.24) is 5.32 Å². The molecule has 0 unspecified atom stereocenters. The van der Waals surface area contributed by atoms with Gasteiger partial charge in [0.1, 0.15) is 12.1 Å². The second kappa shape index (κ2) is 6.56. The third-order valence-corrected chi connectivity index (χ3v) is 3.12. The van der Waals surface area contributed by atoms with E-state index in [-0.39, 0.29) is 12.5 Å². The van der Waals surface area contributed by atoms with E-state index in [1.165, 1.54) is 0 Å². The van der Waals surface area contributed by atoms with Gasteiger partial charge in [0.15, 0.2) is 0 Å². The summed E-state index contributed by atoms with van der Waals surface area (Å²) >= 11 is 7.83. The first-order valence-electron chi connectivity index (χ1n) is 5.64. The Labute approximate surface area is 131 Å². The summed E-state index contributed by atoms with van der Waals surface area (Å²) in [5.74, 6) is -0.795. The molecular weight excluding hydrogens is 381 g/mol. The number of carbonyl (C=O) groups excluding carboxylic acids is 2. The highest BCUT2D eigenvalue weighted by molar-refractivity contribution is 14.1. The summed E-state index contributed by atoms with van der Waals surface area (Å²) < 4.78 is 5.83. The summed E-state index contributed by atoms with van der Waals surface area (Å²) in [5.41, 5.74) is -0.0789. The Morgan fingerprint density at radius 1 is 1.37 bits per heavy atom. The van der Waals surface area contributed by atoms with Crippen LogP contribution in [0.15, 0.2) is 18.2 Å². The van der Waals surface area contributed by atoms with E-state index in [1.807, 2.05) is 22.6 Å². The first-order valence-corrected chi connectivity index (χ1v) is 7.10. The van der Waals surface area contributed by atoms with Crippen molar-refractivity contribution >= 4 is 46.1 Å². The lowest BCUT2D eigenvalue weighted by atomic mass is 10.2. The molecular formula is C13H15ClINO3. The molecule has 1 rings (SSSR count). The molecule has 0 fully saturated rings. The second-order valence-electron chi connectivity index (χ2n) is 4.89. The van der Waals surface area contributed by atoms with Crippen molar-refractivity contribution in [3.8, 4) is 0 Å². The van der Waals surface area contributed by atoms with Crippen LogP contribution in [-0.2, 0) is 9.53 Å². The highest BCUT2D eigenvalue weighted by Gasteiger charge is 2.17. The van der Waals surface area contributed by atoms with Gasteiger partial charge in [-0.15, -0.1) is 0 Å². The molecule has 0 aliphatic carbocycles. The van der Waals surface area contributed by atoms with Gasteiger partial charge >= 0.3 is 5.97 Å². The number of amides is 1. The molecule has 0 bridgehead atoms. The smallest absolute Gasteiger partial charge is 0.325 e. The maximum atomic E-state index is 11.9. The number of benzene rings is 1. The van der Waals surface area contributed by atoms with Gasteiger partial charge in [0.25, 0.3) is 5.91 Å². The van der Waals surface area contributed by atoms with Gasteiger partial charge in [-0.2, -0.15) is 0 Å². The summed E-state index contributed by atoms with van der Waals surface area (Å²) in [4.78, 5) is 23.4. The molecule has 0 spiro atoms. The lowest BCUT2D eigenvalue weighted by molar-refractivity contribution is -0.153. The number of hydrogen-bond acceptors (Lipinski definition) is 3. The molecule has 0 aliphatic rings. The largest absolute Gasteiger partial charge is 0.459 e. The van der Waals surface area contributed by atoms with Crippen LogP contribution in [0.25, 0.3) is 0 Å². The fraction of sp³-hybridized carbons (Fsp3) is 0.385. The topological polar surface area (TPSA) is 55.4 Å². The van der Waals surface area contributed by atoms with Crippen LogP contribution >= 0.6 is 34.2 Å². The quantitative estimate of drug-likeness (QED) is 0.632. The van der Waals surface area contributed by atoms with Crippen molar-refractivity contribution in [1.29, 1.82) is 0 Å². The molecule has 0 aromatic heterocycles. The molecule has 0 saturated carbocycles. The van der Waals surface area contributed by atoms with E-state index >= 15 is 0 Å². The van der Waals surface area contributed by atoms with Crippen molar-refractivity contribution < 1.29 is 14.3 Å². The van der Waals surface area contributed by atoms with Crippen LogP contribution < -0.4 is 5.32 Å². The third-order valence-electron chi connectivity index (χ3n) is 1.99. The van der Waals surface area contributed by atoms with Crippen LogP contribution in [0.4, 0.5) is 0 Å². The monoisotopic (exact) mass is 395 g/mol. The number of ether oxygens (including phenoxy) is 1. The van der Waals surface area contributed by atoms with E-state index in [0.717, 1.165) is 3.57 Å². The molecule has 0 atom stereocenters. The minimum absolute atomic E-state index is 0.158. The third kappa shape index (κ3) is 5.78. The van der Waals surface area contributed by atoms with Gasteiger partial charge in [-0.25, -0.2) is 0 Å². The fourth-order valence-corrected chi connectivity index (χ4v) is 2.42. The number of nitrogens with one attached hydrogen (secondary N) is 1. The van der Waals surface area contributed by atoms with E-state index in [4.69, 9.17) is 16.3 Å². The second-order valence-corrected chi connectivity index (χ2v) is 6.49. The number of hydrogen-bond donors (Lipinski definition) is 1. The zero-order valence-electron chi connectivity index (χ0n) is 10.9. The Kier molecular flexibility index (Phi) is 5.61. The van der Waals surface area contributed by atoms with E-state index < -0.39 is 11.6 Å². The highest BCUT2D eigenvalue weighted by Crippen LogP contribution is 2.17. The number of halogens is 2. The van der Waals surface area contributed by atoms with Gasteiger partial charge in [0, 0.05) is 8.59 Å². The van der Waals surface area contributed by atoms with E-state index in [1.54, 1.807) is 39.0 Å². The van der Waals surface area contributed by atoms with Crippen molar-refractivity contribution in [3.05, 3.63) is 32.4 Å². The van der Waals surface area contributed by atoms with Crippen LogP contribution in [0.5, 0.6) is 0 Å². The number of rotatable bonds is 3. The molecule has 1 aromatic rings. The number of esters is 1. The minimum atomic E-state index is -0.559. The minimum Gasteiger partial charge on any atom is -0.459 e. The molecule has 0 heterocycles. The van der Waals surface area contributed by atoms with Gasteiger partial charge in [-0.3, -0.25) is 9.59 Å². The molecule has 1 N–H and O–H groups in total. The van der Waals surface area contributed by atoms with Gasteiger partial charge in [0.05, 0.1) is 5.56 Å². The molecule has 1 amide bonds. The van der Waals surface area contributed by atoms with Gasteiger partial charge in [-0.1, -0.05) is 11.6 Å². The summed E-state index contributed by atoms with van der Waals surface area (Å²) in [5, 5.41) is 3.08. The predicted octanol–water partition coefficient (Wildman–Crippen LogP) is 3.02. The molecule has 1 aromatic carbocycles. The Morgan fingerprint density at radius 2 is 2.00 bits per heavy atom. The Morgan fingerprint density at radius 3 is 2.53 bits per heavy atom. The fourth-order valence-electron chi connectivity index (χ4n) is 1.30. The maximum absolute atomic E-state index is 11.9. The first-order chi connectivity index (χ1) is 8.69. The average molecular weight is 396 g/mol. The number of carbonyl (C=O) groups is 2. The van der Waals surface area contributed by atoms with Crippen LogP contribution in [0.2, 0.25) is 5.02 Å². The van der Waals surface area contributed by atoms with E-state index in [0.29, 0.717) is 10.6 Å². The Balaban J connectivity index is 2.59. The van der Waals surface area contributed by atoms with Gasteiger partial charge < -0.3 is 10.1 Å².